The third kappa shape index (κ3) is 4.01. The van der Waals surface area contributed by atoms with Crippen LogP contribution in [0, 0.1) is 0 Å². The van der Waals surface area contributed by atoms with Gasteiger partial charge in [0.25, 0.3) is 0 Å². The summed E-state index contributed by atoms with van der Waals surface area (Å²) in [6.45, 7) is 8.81. The molecule has 0 bridgehead atoms. The van der Waals surface area contributed by atoms with Gasteiger partial charge < -0.3 is 19.4 Å². The SMILES string of the molecule is CC(C)c1nc(-c2nc3ccccc3[nH]2)c(N2CCN(C(=O)Cn3cnc4cccnc43)C(C)C2)s1. The maximum absolute atomic E-state index is 13.3. The molecule has 1 unspecified atom stereocenters. The number of aromatic nitrogens is 6. The second-order valence-electron chi connectivity index (χ2n) is 9.56. The van der Waals surface area contributed by atoms with Gasteiger partial charge in [-0.05, 0) is 31.2 Å². The molecule has 1 aliphatic rings. The van der Waals surface area contributed by atoms with Crippen molar-refractivity contribution in [3.05, 3.63) is 53.9 Å². The molecule has 0 spiro atoms. The molecule has 4 aromatic heterocycles. The molecule has 5 aromatic rings. The Morgan fingerprint density at radius 2 is 1.94 bits per heavy atom. The standard InChI is InChI=1S/C26H28N8OS/c1-16(2)25-31-22(23-29-18-7-4-5-8-19(18)30-23)26(36-25)32-11-12-34(17(3)13-32)21(35)14-33-15-28-20-9-6-10-27-24(20)33/h4-10,15-17H,11-14H2,1-3H3,(H,29,30). The highest BCUT2D eigenvalue weighted by Gasteiger charge is 2.31. The van der Waals surface area contributed by atoms with Gasteiger partial charge in [0.15, 0.2) is 11.5 Å². The van der Waals surface area contributed by atoms with Gasteiger partial charge in [0.1, 0.15) is 22.8 Å². The molecule has 5 heterocycles. The van der Waals surface area contributed by atoms with Gasteiger partial charge in [-0.25, -0.2) is 19.9 Å². The molecule has 1 aliphatic heterocycles. The van der Waals surface area contributed by atoms with Crippen LogP contribution >= 0.6 is 11.3 Å². The van der Waals surface area contributed by atoms with Gasteiger partial charge in [-0.3, -0.25) is 4.79 Å². The zero-order chi connectivity index (χ0) is 24.8. The number of fused-ring (bicyclic) bond motifs is 2. The molecule has 1 saturated heterocycles. The van der Waals surface area contributed by atoms with Crippen LogP contribution in [0.1, 0.15) is 31.7 Å². The van der Waals surface area contributed by atoms with E-state index in [-0.39, 0.29) is 18.5 Å². The number of aromatic amines is 1. The van der Waals surface area contributed by atoms with E-state index >= 15 is 0 Å². The first-order valence-corrected chi connectivity index (χ1v) is 13.1. The molecule has 10 heteroatoms. The molecular weight excluding hydrogens is 472 g/mol. The number of para-hydroxylation sites is 2. The minimum Gasteiger partial charge on any atom is -0.358 e. The lowest BCUT2D eigenvalue weighted by atomic mass is 10.2. The third-order valence-electron chi connectivity index (χ3n) is 6.65. The Morgan fingerprint density at radius 3 is 2.75 bits per heavy atom. The monoisotopic (exact) mass is 500 g/mol. The van der Waals surface area contributed by atoms with Crippen LogP contribution in [0.25, 0.3) is 33.7 Å². The number of carbonyl (C=O) groups excluding carboxylic acids is 1. The van der Waals surface area contributed by atoms with Gasteiger partial charge in [-0.2, -0.15) is 0 Å². The Morgan fingerprint density at radius 1 is 1.11 bits per heavy atom. The summed E-state index contributed by atoms with van der Waals surface area (Å²) in [4.78, 5) is 39.6. The lowest BCUT2D eigenvalue weighted by molar-refractivity contribution is -0.134. The number of hydrogen-bond acceptors (Lipinski definition) is 7. The molecule has 9 nitrogen and oxygen atoms in total. The van der Waals surface area contributed by atoms with Gasteiger partial charge in [0.2, 0.25) is 5.91 Å². The van der Waals surface area contributed by atoms with Crippen molar-refractivity contribution in [1.29, 1.82) is 0 Å². The zero-order valence-electron chi connectivity index (χ0n) is 20.5. The lowest BCUT2D eigenvalue weighted by Gasteiger charge is -2.40. The van der Waals surface area contributed by atoms with Crippen molar-refractivity contribution in [2.45, 2.75) is 39.3 Å². The van der Waals surface area contributed by atoms with Crippen LogP contribution in [0.4, 0.5) is 5.00 Å². The van der Waals surface area contributed by atoms with Crippen molar-refractivity contribution < 1.29 is 4.79 Å². The second-order valence-corrected chi connectivity index (χ2v) is 10.6. The van der Waals surface area contributed by atoms with Crippen LogP contribution in [-0.4, -0.2) is 66.0 Å². The van der Waals surface area contributed by atoms with Crippen molar-refractivity contribution >= 4 is 44.4 Å². The average Bonchev–Trinajstić information content (AvgIpc) is 3.60. The van der Waals surface area contributed by atoms with E-state index in [2.05, 4.69) is 40.6 Å². The van der Waals surface area contributed by atoms with E-state index in [0.717, 1.165) is 56.8 Å². The fourth-order valence-corrected chi connectivity index (χ4v) is 5.88. The number of imidazole rings is 2. The topological polar surface area (TPSA) is 95.8 Å². The van der Waals surface area contributed by atoms with E-state index in [1.165, 1.54) is 0 Å². The summed E-state index contributed by atoms with van der Waals surface area (Å²) in [6, 6.07) is 11.9. The predicted molar refractivity (Wildman–Crippen MR) is 142 cm³/mol. The van der Waals surface area contributed by atoms with E-state index in [0.29, 0.717) is 12.5 Å². The molecule has 1 amide bonds. The van der Waals surface area contributed by atoms with E-state index in [1.807, 2.05) is 45.9 Å². The molecule has 184 valence electrons. The minimum atomic E-state index is 0.0575. The zero-order valence-corrected chi connectivity index (χ0v) is 21.4. The summed E-state index contributed by atoms with van der Waals surface area (Å²) >= 11 is 1.73. The van der Waals surface area contributed by atoms with Gasteiger partial charge in [-0.15, -0.1) is 11.3 Å². The minimum absolute atomic E-state index is 0.0575. The number of carbonyl (C=O) groups is 1. The number of hydrogen-bond donors (Lipinski definition) is 1. The maximum Gasteiger partial charge on any atom is 0.242 e. The van der Waals surface area contributed by atoms with Crippen molar-refractivity contribution in [2.75, 3.05) is 24.5 Å². The molecule has 0 radical (unpaired) electrons. The predicted octanol–water partition coefficient (Wildman–Crippen LogP) is 4.29. The van der Waals surface area contributed by atoms with Crippen LogP contribution < -0.4 is 4.90 Å². The van der Waals surface area contributed by atoms with Crippen LogP contribution in [0.5, 0.6) is 0 Å². The maximum atomic E-state index is 13.3. The first kappa shape index (κ1) is 22.7. The number of rotatable bonds is 5. The number of H-pyrrole nitrogens is 1. The molecular formula is C26H28N8OS. The number of benzene rings is 1. The Kier molecular flexibility index (Phi) is 5.67. The number of anilines is 1. The normalized spacial score (nSPS) is 16.5. The second kappa shape index (κ2) is 9.02. The van der Waals surface area contributed by atoms with Crippen LogP contribution in [-0.2, 0) is 11.3 Å². The molecule has 1 atom stereocenters. The van der Waals surface area contributed by atoms with E-state index in [4.69, 9.17) is 9.97 Å². The Labute approximate surface area is 212 Å². The fourth-order valence-electron chi connectivity index (χ4n) is 4.77. The molecule has 1 aromatic carbocycles. The van der Waals surface area contributed by atoms with Gasteiger partial charge in [-0.1, -0.05) is 26.0 Å². The van der Waals surface area contributed by atoms with E-state index in [9.17, 15) is 4.79 Å². The quantitative estimate of drug-likeness (QED) is 0.387. The first-order chi connectivity index (χ1) is 17.5. The molecule has 0 aliphatic carbocycles. The first-order valence-electron chi connectivity index (χ1n) is 12.2. The summed E-state index contributed by atoms with van der Waals surface area (Å²) in [5, 5.41) is 2.20. The lowest BCUT2D eigenvalue weighted by Crippen LogP contribution is -2.54. The highest BCUT2D eigenvalue weighted by molar-refractivity contribution is 7.16. The number of thiazole rings is 1. The van der Waals surface area contributed by atoms with Gasteiger partial charge >= 0.3 is 0 Å². The molecule has 1 fully saturated rings. The summed E-state index contributed by atoms with van der Waals surface area (Å²) in [6.07, 6.45) is 3.42. The number of pyridine rings is 1. The largest absolute Gasteiger partial charge is 0.358 e. The summed E-state index contributed by atoms with van der Waals surface area (Å²) < 4.78 is 1.83. The molecule has 36 heavy (non-hydrogen) atoms. The van der Waals surface area contributed by atoms with Crippen molar-refractivity contribution in [3.63, 3.8) is 0 Å². The average molecular weight is 501 g/mol. The summed E-state index contributed by atoms with van der Waals surface area (Å²) in [7, 11) is 0. The summed E-state index contributed by atoms with van der Waals surface area (Å²) in [5.41, 5.74) is 4.36. The number of nitrogens with one attached hydrogen (secondary N) is 1. The van der Waals surface area contributed by atoms with Crippen molar-refractivity contribution in [2.24, 2.45) is 0 Å². The summed E-state index contributed by atoms with van der Waals surface area (Å²) in [5.74, 6) is 1.20. The van der Waals surface area contributed by atoms with Crippen LogP contribution in [0.15, 0.2) is 48.9 Å². The van der Waals surface area contributed by atoms with Gasteiger partial charge in [0, 0.05) is 37.8 Å². The van der Waals surface area contributed by atoms with Gasteiger partial charge in [0.05, 0.1) is 22.4 Å². The highest BCUT2D eigenvalue weighted by Crippen LogP contribution is 2.39. The number of piperazine rings is 1. The van der Waals surface area contributed by atoms with E-state index < -0.39 is 0 Å². The molecule has 6 rings (SSSR count). The molecule has 0 saturated carbocycles. The smallest absolute Gasteiger partial charge is 0.242 e. The Bertz CT molecular complexity index is 1520. The Balaban J connectivity index is 1.24. The fraction of sp³-hybridized carbons (Fsp3) is 0.346. The van der Waals surface area contributed by atoms with Crippen molar-refractivity contribution in [1.82, 2.24) is 34.4 Å². The van der Waals surface area contributed by atoms with Crippen molar-refractivity contribution in [3.8, 4) is 11.5 Å². The van der Waals surface area contributed by atoms with Crippen LogP contribution in [0.2, 0.25) is 0 Å². The number of nitrogens with zero attached hydrogens (tertiary/aromatic N) is 7. The molecule has 1 N–H and O–H groups in total. The number of amides is 1. The van der Waals surface area contributed by atoms with Crippen LogP contribution in [0.3, 0.4) is 0 Å². The van der Waals surface area contributed by atoms with E-state index in [1.54, 1.807) is 23.9 Å². The Hall–Kier alpha value is -3.79. The highest BCUT2D eigenvalue weighted by atomic mass is 32.1. The third-order valence-corrected chi connectivity index (χ3v) is 8.07.